The van der Waals surface area contributed by atoms with Gasteiger partial charge in [-0.15, -0.1) is 0 Å². The molecule has 2 aromatic rings. The van der Waals surface area contributed by atoms with E-state index in [9.17, 15) is 8.78 Å². The number of aliphatic imine (C=N–C) groups is 1. The Morgan fingerprint density at radius 3 is 2.19 bits per heavy atom. The van der Waals surface area contributed by atoms with Crippen molar-refractivity contribution in [1.29, 1.82) is 0 Å². The monoisotopic (exact) mass is 381 g/mol. The topological polar surface area (TPSA) is 12.4 Å². The number of nitrogens with zero attached hydrogens (tertiary/aromatic N) is 1. The van der Waals surface area contributed by atoms with Crippen molar-refractivity contribution in [2.75, 3.05) is 0 Å². The summed E-state index contributed by atoms with van der Waals surface area (Å²) in [7, 11) is 0. The van der Waals surface area contributed by atoms with E-state index >= 15 is 0 Å². The Labute approximate surface area is 164 Å². The lowest BCUT2D eigenvalue weighted by Gasteiger charge is -2.28. The SMILES string of the molecule is CCC1CCC(c2ccc(C#Cc3c(F)cc(N=C=S)cc3F)cc2)CC1. The third-order valence-corrected chi connectivity index (χ3v) is 5.43. The van der Waals surface area contributed by atoms with Gasteiger partial charge in [-0.3, -0.25) is 0 Å². The molecule has 1 saturated carbocycles. The number of isothiocyanates is 1. The molecule has 1 aliphatic rings. The Morgan fingerprint density at radius 2 is 1.63 bits per heavy atom. The van der Waals surface area contributed by atoms with Gasteiger partial charge in [-0.2, -0.15) is 4.99 Å². The molecule has 0 aromatic heterocycles. The number of rotatable bonds is 3. The zero-order valence-electron chi connectivity index (χ0n) is 15.3. The van der Waals surface area contributed by atoms with Crippen LogP contribution in [0.1, 0.15) is 61.6 Å². The second-order valence-electron chi connectivity index (χ2n) is 6.99. The largest absolute Gasteiger partial charge is 0.205 e. The standard InChI is InChI=1S/C23H21F2NS/c1-2-16-3-8-18(9-4-16)19-10-5-17(6-11-19)7-12-21-22(24)13-20(26-15-27)14-23(21)25/h5-6,10-11,13-14,16,18H,2-4,8-9H2,1H3. The predicted octanol–water partition coefficient (Wildman–Crippen LogP) is 6.78. The number of benzene rings is 2. The minimum Gasteiger partial charge on any atom is -0.205 e. The lowest BCUT2D eigenvalue weighted by atomic mass is 9.78. The summed E-state index contributed by atoms with van der Waals surface area (Å²) >= 11 is 4.45. The lowest BCUT2D eigenvalue weighted by molar-refractivity contribution is 0.319. The molecule has 3 rings (SSSR count). The van der Waals surface area contributed by atoms with Crippen LogP contribution in [0.5, 0.6) is 0 Å². The first kappa shape index (κ1) is 19.4. The Bertz CT molecular complexity index is 887. The molecule has 27 heavy (non-hydrogen) atoms. The van der Waals surface area contributed by atoms with Gasteiger partial charge in [-0.1, -0.05) is 37.3 Å². The minimum absolute atomic E-state index is 0.0905. The maximum Gasteiger partial charge on any atom is 0.143 e. The molecule has 1 nitrogen and oxygen atoms in total. The average molecular weight is 381 g/mol. The zero-order valence-corrected chi connectivity index (χ0v) is 16.1. The summed E-state index contributed by atoms with van der Waals surface area (Å²) in [4.78, 5) is 3.59. The Kier molecular flexibility index (Phi) is 6.50. The van der Waals surface area contributed by atoms with E-state index in [4.69, 9.17) is 0 Å². The van der Waals surface area contributed by atoms with Crippen molar-refractivity contribution in [3.63, 3.8) is 0 Å². The van der Waals surface area contributed by atoms with Crippen LogP contribution in [-0.2, 0) is 0 Å². The highest BCUT2D eigenvalue weighted by Gasteiger charge is 2.21. The van der Waals surface area contributed by atoms with Crippen LogP contribution in [0.2, 0.25) is 0 Å². The van der Waals surface area contributed by atoms with E-state index in [0.717, 1.165) is 23.6 Å². The van der Waals surface area contributed by atoms with E-state index in [1.165, 1.54) is 37.7 Å². The van der Waals surface area contributed by atoms with Crippen molar-refractivity contribution < 1.29 is 8.78 Å². The molecule has 0 unspecified atom stereocenters. The highest BCUT2D eigenvalue weighted by molar-refractivity contribution is 7.78. The van der Waals surface area contributed by atoms with Crippen molar-refractivity contribution in [3.8, 4) is 11.8 Å². The molecule has 1 aliphatic carbocycles. The van der Waals surface area contributed by atoms with Crippen LogP contribution < -0.4 is 0 Å². The van der Waals surface area contributed by atoms with E-state index in [-0.39, 0.29) is 11.3 Å². The van der Waals surface area contributed by atoms with Gasteiger partial charge in [0.25, 0.3) is 0 Å². The van der Waals surface area contributed by atoms with E-state index < -0.39 is 11.6 Å². The summed E-state index contributed by atoms with van der Waals surface area (Å²) in [6.45, 7) is 2.27. The van der Waals surface area contributed by atoms with E-state index in [2.05, 4.69) is 53.3 Å². The fourth-order valence-electron chi connectivity index (χ4n) is 3.67. The van der Waals surface area contributed by atoms with Gasteiger partial charge in [-0.25, -0.2) is 8.78 Å². The van der Waals surface area contributed by atoms with Gasteiger partial charge in [0.1, 0.15) is 11.6 Å². The first-order valence-electron chi connectivity index (χ1n) is 9.29. The van der Waals surface area contributed by atoms with Crippen LogP contribution in [0.4, 0.5) is 14.5 Å². The Balaban J connectivity index is 1.74. The summed E-state index contributed by atoms with van der Waals surface area (Å²) < 4.78 is 28.1. The van der Waals surface area contributed by atoms with Crippen LogP contribution in [0, 0.1) is 29.4 Å². The van der Waals surface area contributed by atoms with E-state index in [0.29, 0.717) is 5.92 Å². The van der Waals surface area contributed by atoms with Crippen molar-refractivity contribution in [3.05, 3.63) is 64.7 Å². The molecular weight excluding hydrogens is 360 g/mol. The zero-order chi connectivity index (χ0) is 19.2. The molecule has 0 atom stereocenters. The lowest BCUT2D eigenvalue weighted by Crippen LogP contribution is -2.12. The summed E-state index contributed by atoms with van der Waals surface area (Å²) in [6, 6.07) is 10.2. The molecule has 138 valence electrons. The molecule has 4 heteroatoms. The molecule has 0 heterocycles. The van der Waals surface area contributed by atoms with Gasteiger partial charge in [0.05, 0.1) is 16.4 Å². The number of hydrogen-bond donors (Lipinski definition) is 0. The van der Waals surface area contributed by atoms with E-state index in [1.54, 1.807) is 0 Å². The first-order chi connectivity index (χ1) is 13.1. The maximum atomic E-state index is 14.0. The average Bonchev–Trinajstić information content (AvgIpc) is 2.68. The molecular formula is C23H21F2NS. The highest BCUT2D eigenvalue weighted by atomic mass is 32.1. The molecule has 0 amide bonds. The number of halogens is 2. The molecule has 2 aromatic carbocycles. The smallest absolute Gasteiger partial charge is 0.143 e. The summed E-state index contributed by atoms with van der Waals surface area (Å²) in [5.41, 5.74) is 1.89. The van der Waals surface area contributed by atoms with Crippen molar-refractivity contribution in [2.45, 2.75) is 44.9 Å². The molecule has 0 aliphatic heterocycles. The maximum absolute atomic E-state index is 14.0. The highest BCUT2D eigenvalue weighted by Crippen LogP contribution is 2.36. The van der Waals surface area contributed by atoms with Crippen molar-refractivity contribution in [2.24, 2.45) is 10.9 Å². The minimum atomic E-state index is -0.754. The molecule has 0 radical (unpaired) electrons. The van der Waals surface area contributed by atoms with Gasteiger partial charge in [-0.05, 0) is 67.4 Å². The van der Waals surface area contributed by atoms with Crippen LogP contribution >= 0.6 is 12.2 Å². The first-order valence-corrected chi connectivity index (χ1v) is 9.70. The van der Waals surface area contributed by atoms with Crippen molar-refractivity contribution >= 4 is 23.1 Å². The summed E-state index contributed by atoms with van der Waals surface area (Å²) in [5, 5.41) is 2.09. The molecule has 0 saturated heterocycles. The summed E-state index contributed by atoms with van der Waals surface area (Å²) in [6.07, 6.45) is 6.33. The normalized spacial score (nSPS) is 18.9. The Hall–Kier alpha value is -2.34. The summed E-state index contributed by atoms with van der Waals surface area (Å²) in [5.74, 6) is 5.41. The quantitative estimate of drug-likeness (QED) is 0.324. The van der Waals surface area contributed by atoms with Crippen LogP contribution in [0.3, 0.4) is 0 Å². The van der Waals surface area contributed by atoms with Gasteiger partial charge in [0.2, 0.25) is 0 Å². The predicted molar refractivity (Wildman–Crippen MR) is 108 cm³/mol. The molecule has 0 bridgehead atoms. The van der Waals surface area contributed by atoms with Gasteiger partial charge in [0.15, 0.2) is 0 Å². The molecule has 1 fully saturated rings. The fraction of sp³-hybridized carbons (Fsp3) is 0.348. The fourth-order valence-corrected chi connectivity index (χ4v) is 3.78. The van der Waals surface area contributed by atoms with Gasteiger partial charge >= 0.3 is 0 Å². The second kappa shape index (κ2) is 9.04. The third kappa shape index (κ3) is 4.89. The third-order valence-electron chi connectivity index (χ3n) is 5.34. The van der Waals surface area contributed by atoms with Gasteiger partial charge < -0.3 is 0 Å². The second-order valence-corrected chi connectivity index (χ2v) is 7.17. The number of thiocarbonyl (C=S) groups is 1. The van der Waals surface area contributed by atoms with E-state index in [1.807, 2.05) is 12.1 Å². The molecule has 0 N–H and O–H groups in total. The van der Waals surface area contributed by atoms with Crippen LogP contribution in [0.25, 0.3) is 0 Å². The Morgan fingerprint density at radius 1 is 1.00 bits per heavy atom. The van der Waals surface area contributed by atoms with Crippen LogP contribution in [0.15, 0.2) is 41.4 Å². The van der Waals surface area contributed by atoms with Crippen molar-refractivity contribution in [1.82, 2.24) is 0 Å². The number of hydrogen-bond acceptors (Lipinski definition) is 2. The van der Waals surface area contributed by atoms with Gasteiger partial charge in [0, 0.05) is 17.7 Å². The van der Waals surface area contributed by atoms with Crippen LogP contribution in [-0.4, -0.2) is 5.16 Å². The molecule has 0 spiro atoms.